The van der Waals surface area contributed by atoms with Gasteiger partial charge in [0, 0.05) is 12.7 Å². The van der Waals surface area contributed by atoms with Crippen LogP contribution >= 0.6 is 0 Å². The number of nitrogens with zero attached hydrogens (tertiary/aromatic N) is 1. The number of sulfonamides is 1. The van der Waals surface area contributed by atoms with Crippen LogP contribution < -0.4 is 5.32 Å². The highest BCUT2D eigenvalue weighted by Crippen LogP contribution is 2.23. The Morgan fingerprint density at radius 2 is 1.65 bits per heavy atom. The molecule has 0 aliphatic heterocycles. The Labute approximate surface area is 151 Å². The van der Waals surface area contributed by atoms with Crippen molar-refractivity contribution in [3.8, 4) is 0 Å². The fourth-order valence-corrected chi connectivity index (χ4v) is 3.89. The van der Waals surface area contributed by atoms with Crippen LogP contribution in [0.15, 0.2) is 35.2 Å². The Balaban J connectivity index is 2.20. The predicted octanol–water partition coefficient (Wildman–Crippen LogP) is 3.15. The summed E-state index contributed by atoms with van der Waals surface area (Å²) in [5, 5.41) is 2.67. The van der Waals surface area contributed by atoms with E-state index < -0.39 is 39.0 Å². The molecule has 0 aliphatic rings. The molecule has 1 amide bonds. The van der Waals surface area contributed by atoms with Gasteiger partial charge in [0.2, 0.25) is 15.9 Å². The molecule has 0 saturated heterocycles. The highest BCUT2D eigenvalue weighted by atomic mass is 32.2. The zero-order valence-electron chi connectivity index (χ0n) is 14.9. The SMILES string of the molecule is Cc1cc(C)c(NC(=O)CN(C)S(=O)(=O)c2cc(F)ccc2F)c(C)c1. The number of hydrogen-bond acceptors (Lipinski definition) is 3. The number of likely N-dealkylation sites (N-methyl/N-ethyl adjacent to an activating group) is 1. The van der Waals surface area contributed by atoms with Crippen LogP contribution in [-0.4, -0.2) is 32.2 Å². The van der Waals surface area contributed by atoms with Gasteiger partial charge in [-0.05, 0) is 50.1 Å². The van der Waals surface area contributed by atoms with Gasteiger partial charge in [0.15, 0.2) is 0 Å². The van der Waals surface area contributed by atoms with Crippen molar-refractivity contribution >= 4 is 21.6 Å². The Hall–Kier alpha value is -2.32. The van der Waals surface area contributed by atoms with Gasteiger partial charge < -0.3 is 5.32 Å². The van der Waals surface area contributed by atoms with Gasteiger partial charge in [0.25, 0.3) is 0 Å². The van der Waals surface area contributed by atoms with Crippen molar-refractivity contribution in [2.75, 3.05) is 18.9 Å². The van der Waals surface area contributed by atoms with Crippen LogP contribution in [0.25, 0.3) is 0 Å². The number of halogens is 2. The quantitative estimate of drug-likeness (QED) is 0.864. The zero-order chi connectivity index (χ0) is 19.6. The third kappa shape index (κ3) is 4.25. The van der Waals surface area contributed by atoms with Crippen molar-refractivity contribution in [2.45, 2.75) is 25.7 Å². The zero-order valence-corrected chi connectivity index (χ0v) is 15.7. The first-order valence-electron chi connectivity index (χ1n) is 7.81. The predicted molar refractivity (Wildman–Crippen MR) is 95.5 cm³/mol. The number of amides is 1. The number of aryl methyl sites for hydroxylation is 3. The monoisotopic (exact) mass is 382 g/mol. The van der Waals surface area contributed by atoms with Crippen LogP contribution in [0.3, 0.4) is 0 Å². The van der Waals surface area contributed by atoms with Gasteiger partial charge in [-0.2, -0.15) is 4.31 Å². The largest absolute Gasteiger partial charge is 0.324 e. The summed E-state index contributed by atoms with van der Waals surface area (Å²) < 4.78 is 52.6. The van der Waals surface area contributed by atoms with E-state index >= 15 is 0 Å². The van der Waals surface area contributed by atoms with E-state index in [1.807, 2.05) is 32.9 Å². The van der Waals surface area contributed by atoms with Crippen LogP contribution in [0.5, 0.6) is 0 Å². The lowest BCUT2D eigenvalue weighted by molar-refractivity contribution is -0.116. The maximum Gasteiger partial charge on any atom is 0.246 e. The summed E-state index contributed by atoms with van der Waals surface area (Å²) >= 11 is 0. The van der Waals surface area contributed by atoms with E-state index in [0.717, 1.165) is 35.9 Å². The summed E-state index contributed by atoms with van der Waals surface area (Å²) in [5.41, 5.74) is 3.33. The van der Waals surface area contributed by atoms with E-state index in [4.69, 9.17) is 0 Å². The van der Waals surface area contributed by atoms with Crippen LogP contribution in [0.2, 0.25) is 0 Å². The number of anilines is 1. The summed E-state index contributed by atoms with van der Waals surface area (Å²) in [6, 6.07) is 5.93. The van der Waals surface area contributed by atoms with Gasteiger partial charge in [-0.25, -0.2) is 17.2 Å². The average molecular weight is 382 g/mol. The highest BCUT2D eigenvalue weighted by molar-refractivity contribution is 7.89. The second kappa shape index (κ2) is 7.51. The lowest BCUT2D eigenvalue weighted by atomic mass is 10.1. The van der Waals surface area contributed by atoms with Crippen molar-refractivity contribution in [3.05, 3.63) is 58.7 Å². The van der Waals surface area contributed by atoms with Gasteiger partial charge in [-0.1, -0.05) is 17.7 Å². The Morgan fingerprint density at radius 3 is 2.23 bits per heavy atom. The molecule has 0 aromatic heterocycles. The number of benzene rings is 2. The fourth-order valence-electron chi connectivity index (χ4n) is 2.69. The van der Waals surface area contributed by atoms with Gasteiger partial charge in [0.05, 0.1) is 6.54 Å². The molecular weight excluding hydrogens is 362 g/mol. The molecule has 26 heavy (non-hydrogen) atoms. The summed E-state index contributed by atoms with van der Waals surface area (Å²) in [5.74, 6) is -2.54. The van der Waals surface area contributed by atoms with Crippen LogP contribution in [0, 0.1) is 32.4 Å². The minimum Gasteiger partial charge on any atom is -0.324 e. The van der Waals surface area contributed by atoms with E-state index in [1.54, 1.807) is 0 Å². The first-order valence-corrected chi connectivity index (χ1v) is 9.25. The molecule has 0 spiro atoms. The lowest BCUT2D eigenvalue weighted by Gasteiger charge is -2.18. The van der Waals surface area contributed by atoms with Crippen molar-refractivity contribution < 1.29 is 22.0 Å². The van der Waals surface area contributed by atoms with Crippen molar-refractivity contribution in [1.82, 2.24) is 4.31 Å². The minimum absolute atomic E-state index is 0.537. The van der Waals surface area contributed by atoms with Gasteiger partial charge in [-0.3, -0.25) is 4.79 Å². The summed E-state index contributed by atoms with van der Waals surface area (Å²) in [7, 11) is -3.22. The molecule has 0 unspecified atom stereocenters. The lowest BCUT2D eigenvalue weighted by Crippen LogP contribution is -2.35. The highest BCUT2D eigenvalue weighted by Gasteiger charge is 2.27. The van der Waals surface area contributed by atoms with Crippen LogP contribution in [0.1, 0.15) is 16.7 Å². The molecule has 0 radical (unpaired) electrons. The number of nitrogens with one attached hydrogen (secondary N) is 1. The maximum atomic E-state index is 13.8. The number of rotatable bonds is 5. The molecule has 0 saturated carbocycles. The van der Waals surface area contributed by atoms with E-state index in [1.165, 1.54) is 0 Å². The molecule has 5 nitrogen and oxygen atoms in total. The smallest absolute Gasteiger partial charge is 0.246 e. The molecule has 2 aromatic rings. The molecular formula is C18H20F2N2O3S. The summed E-state index contributed by atoms with van der Waals surface area (Å²) in [6.45, 7) is 5.06. The van der Waals surface area contributed by atoms with E-state index in [9.17, 15) is 22.0 Å². The van der Waals surface area contributed by atoms with E-state index in [2.05, 4.69) is 5.32 Å². The molecule has 0 atom stereocenters. The molecule has 2 aromatic carbocycles. The molecule has 0 heterocycles. The molecule has 2 rings (SSSR count). The standard InChI is InChI=1S/C18H20F2N2O3S/c1-11-7-12(2)18(13(3)8-11)21-17(23)10-22(4)26(24,25)16-9-14(19)5-6-15(16)20/h5-9H,10H2,1-4H3,(H,21,23). The Morgan fingerprint density at radius 1 is 1.08 bits per heavy atom. The van der Waals surface area contributed by atoms with E-state index in [-0.39, 0.29) is 0 Å². The number of carbonyl (C=O) groups is 1. The second-order valence-corrected chi connectivity index (χ2v) is 8.17. The van der Waals surface area contributed by atoms with Crippen LogP contribution in [0.4, 0.5) is 14.5 Å². The van der Waals surface area contributed by atoms with Crippen molar-refractivity contribution in [2.24, 2.45) is 0 Å². The first kappa shape index (κ1) is 20.0. The fraction of sp³-hybridized carbons (Fsp3) is 0.278. The van der Waals surface area contributed by atoms with Crippen LogP contribution in [-0.2, 0) is 14.8 Å². The number of hydrogen-bond donors (Lipinski definition) is 1. The van der Waals surface area contributed by atoms with Crippen molar-refractivity contribution in [3.63, 3.8) is 0 Å². The molecule has 140 valence electrons. The number of carbonyl (C=O) groups excluding carboxylic acids is 1. The molecule has 1 N–H and O–H groups in total. The molecule has 8 heteroatoms. The topological polar surface area (TPSA) is 66.5 Å². The second-order valence-electron chi connectivity index (χ2n) is 6.16. The summed E-state index contributed by atoms with van der Waals surface area (Å²) in [4.78, 5) is 11.4. The normalized spacial score (nSPS) is 11.7. The van der Waals surface area contributed by atoms with Crippen molar-refractivity contribution in [1.29, 1.82) is 0 Å². The average Bonchev–Trinajstić information content (AvgIpc) is 2.53. The first-order chi connectivity index (χ1) is 12.0. The minimum atomic E-state index is -4.35. The van der Waals surface area contributed by atoms with E-state index in [0.29, 0.717) is 16.1 Å². The Kier molecular flexibility index (Phi) is 5.77. The third-order valence-electron chi connectivity index (χ3n) is 3.89. The molecule has 0 fully saturated rings. The van der Waals surface area contributed by atoms with Gasteiger partial charge in [-0.15, -0.1) is 0 Å². The maximum absolute atomic E-state index is 13.8. The van der Waals surface area contributed by atoms with Gasteiger partial charge in [0.1, 0.15) is 16.5 Å². The summed E-state index contributed by atoms with van der Waals surface area (Å²) in [6.07, 6.45) is 0. The third-order valence-corrected chi connectivity index (χ3v) is 5.71. The van der Waals surface area contributed by atoms with Gasteiger partial charge >= 0.3 is 0 Å². The molecule has 0 aliphatic carbocycles. The molecule has 0 bridgehead atoms. The Bertz CT molecular complexity index is 936.